The number of quaternary nitrogens is 1. The van der Waals surface area contributed by atoms with Crippen LogP contribution in [0.15, 0.2) is 38.7 Å². The van der Waals surface area contributed by atoms with Crippen molar-refractivity contribution in [1.29, 1.82) is 0 Å². The predicted octanol–water partition coefficient (Wildman–Crippen LogP) is 1.88. The van der Waals surface area contributed by atoms with Crippen LogP contribution < -0.4 is 10.2 Å². The lowest BCUT2D eigenvalue weighted by atomic mass is 10.3. The summed E-state index contributed by atoms with van der Waals surface area (Å²) in [4.78, 5) is 5.32. The number of halogens is 1. The van der Waals surface area contributed by atoms with Gasteiger partial charge in [-0.25, -0.2) is 0 Å². The molecule has 1 fully saturated rings. The van der Waals surface area contributed by atoms with E-state index in [2.05, 4.69) is 38.3 Å². The summed E-state index contributed by atoms with van der Waals surface area (Å²) in [5, 5.41) is 4.10. The highest BCUT2D eigenvalue weighted by Crippen LogP contribution is 2.21. The van der Waals surface area contributed by atoms with Gasteiger partial charge in [-0.1, -0.05) is 0 Å². The lowest BCUT2D eigenvalue weighted by molar-refractivity contribution is -0.917. The molecule has 0 saturated carbocycles. The third-order valence-corrected chi connectivity index (χ3v) is 5.83. The van der Waals surface area contributed by atoms with E-state index in [-0.39, 0.29) is 0 Å². The summed E-state index contributed by atoms with van der Waals surface area (Å²) in [6.07, 6.45) is 1.69. The van der Waals surface area contributed by atoms with Gasteiger partial charge in [-0.15, -0.1) is 11.3 Å². The molecule has 1 aliphatic rings. The molecule has 4 nitrogen and oxygen atoms in total. The van der Waals surface area contributed by atoms with Crippen molar-refractivity contribution in [2.24, 2.45) is 0 Å². The van der Waals surface area contributed by atoms with Crippen LogP contribution in [-0.4, -0.2) is 36.2 Å². The Morgan fingerprint density at radius 1 is 1.36 bits per heavy atom. The summed E-state index contributed by atoms with van der Waals surface area (Å²) >= 11 is 10.8. The van der Waals surface area contributed by atoms with E-state index in [1.165, 1.54) is 8.66 Å². The van der Waals surface area contributed by atoms with Crippen LogP contribution >= 0.6 is 39.5 Å². The van der Waals surface area contributed by atoms with Crippen LogP contribution in [0, 0.1) is 0 Å². The average Bonchev–Trinajstić information content (AvgIpc) is 3.17. The van der Waals surface area contributed by atoms with Crippen molar-refractivity contribution in [1.82, 2.24) is 10.2 Å². The van der Waals surface area contributed by atoms with E-state index < -0.39 is 0 Å². The normalized spacial score (nSPS) is 16.0. The van der Waals surface area contributed by atoms with Crippen molar-refractivity contribution in [3.05, 3.63) is 45.0 Å². The molecule has 118 valence electrons. The molecule has 0 aromatic carbocycles. The zero-order valence-corrected chi connectivity index (χ0v) is 15.4. The number of thiophene rings is 1. The fraction of sp³-hybridized carbons (Fsp3) is 0.400. The molecule has 0 atom stereocenters. The first kappa shape index (κ1) is 16.0. The second kappa shape index (κ2) is 7.59. The standard InChI is InChI=1S/C15H18BrN3OS2/c16-14-4-3-13(22-14)11-18-5-7-19(8-6-18)15(21)17-10-12-2-1-9-20-12/h1-4,9H,5-8,10-11H2,(H,17,21)/p+1. The lowest BCUT2D eigenvalue weighted by Crippen LogP contribution is -3.13. The first-order chi connectivity index (χ1) is 10.7. The maximum atomic E-state index is 5.48. The van der Waals surface area contributed by atoms with Gasteiger partial charge in [0, 0.05) is 0 Å². The number of rotatable bonds is 4. The molecule has 2 N–H and O–H groups in total. The van der Waals surface area contributed by atoms with E-state index in [0.29, 0.717) is 6.54 Å². The highest BCUT2D eigenvalue weighted by Gasteiger charge is 2.22. The fourth-order valence-corrected chi connectivity index (χ4v) is 4.39. The number of nitrogens with zero attached hydrogens (tertiary/aromatic N) is 1. The average molecular weight is 401 g/mol. The van der Waals surface area contributed by atoms with Crippen molar-refractivity contribution in [3.8, 4) is 0 Å². The van der Waals surface area contributed by atoms with Gasteiger partial charge in [-0.2, -0.15) is 0 Å². The minimum absolute atomic E-state index is 0.655. The Balaban J connectivity index is 1.42. The topological polar surface area (TPSA) is 32.9 Å². The van der Waals surface area contributed by atoms with Gasteiger partial charge in [0.05, 0.1) is 47.7 Å². The van der Waals surface area contributed by atoms with Gasteiger partial charge in [-0.3, -0.25) is 0 Å². The molecule has 0 bridgehead atoms. The van der Waals surface area contributed by atoms with Crippen LogP contribution in [-0.2, 0) is 13.1 Å². The smallest absolute Gasteiger partial charge is 0.169 e. The Bertz CT molecular complexity index is 606. The molecule has 7 heteroatoms. The van der Waals surface area contributed by atoms with Crippen LogP contribution in [0.4, 0.5) is 0 Å². The van der Waals surface area contributed by atoms with Gasteiger partial charge in [0.25, 0.3) is 0 Å². The zero-order valence-electron chi connectivity index (χ0n) is 12.2. The van der Waals surface area contributed by atoms with Crippen LogP contribution in [0.5, 0.6) is 0 Å². The summed E-state index contributed by atoms with van der Waals surface area (Å²) in [5.41, 5.74) is 0. The number of nitrogens with one attached hydrogen (secondary N) is 2. The number of hydrogen-bond acceptors (Lipinski definition) is 3. The number of furan rings is 1. The molecule has 1 saturated heterocycles. The van der Waals surface area contributed by atoms with E-state index in [0.717, 1.165) is 43.6 Å². The molecule has 0 amide bonds. The largest absolute Gasteiger partial charge is 0.467 e. The molecule has 0 radical (unpaired) electrons. The number of piperazine rings is 1. The SMILES string of the molecule is S=C(NCc1ccco1)N1CC[NH+](Cc2ccc(Br)s2)CC1. The fourth-order valence-electron chi connectivity index (χ4n) is 2.58. The quantitative estimate of drug-likeness (QED) is 0.767. The second-order valence-corrected chi connectivity index (χ2v) is 8.29. The molecule has 3 rings (SSSR count). The van der Waals surface area contributed by atoms with E-state index in [1.54, 1.807) is 11.2 Å². The number of hydrogen-bond donors (Lipinski definition) is 2. The Hall–Kier alpha value is -0.890. The van der Waals surface area contributed by atoms with Gasteiger partial charge >= 0.3 is 0 Å². The van der Waals surface area contributed by atoms with Gasteiger partial charge in [0.15, 0.2) is 5.11 Å². The summed E-state index contributed by atoms with van der Waals surface area (Å²) in [5.74, 6) is 0.912. The molecular formula is C15H19BrN3OS2+. The second-order valence-electron chi connectivity index (χ2n) is 5.36. The Morgan fingerprint density at radius 2 is 2.18 bits per heavy atom. The van der Waals surface area contributed by atoms with Crippen molar-refractivity contribution in [3.63, 3.8) is 0 Å². The Morgan fingerprint density at radius 3 is 2.82 bits per heavy atom. The summed E-state index contributed by atoms with van der Waals surface area (Å²) in [6, 6.07) is 8.19. The highest BCUT2D eigenvalue weighted by molar-refractivity contribution is 9.11. The number of thiocarbonyl (C=S) groups is 1. The van der Waals surface area contributed by atoms with E-state index in [4.69, 9.17) is 16.6 Å². The summed E-state index contributed by atoms with van der Waals surface area (Å²) < 4.78 is 6.52. The van der Waals surface area contributed by atoms with E-state index in [9.17, 15) is 0 Å². The van der Waals surface area contributed by atoms with Gasteiger partial charge in [0.2, 0.25) is 0 Å². The van der Waals surface area contributed by atoms with Crippen LogP contribution in [0.3, 0.4) is 0 Å². The molecule has 0 aliphatic carbocycles. The van der Waals surface area contributed by atoms with Gasteiger partial charge in [0.1, 0.15) is 12.3 Å². The third-order valence-electron chi connectivity index (χ3n) is 3.80. The Labute approximate surface area is 148 Å². The molecule has 3 heterocycles. The van der Waals surface area contributed by atoms with Crippen molar-refractivity contribution in [2.75, 3.05) is 26.2 Å². The Kier molecular flexibility index (Phi) is 5.51. The first-order valence-electron chi connectivity index (χ1n) is 7.33. The van der Waals surface area contributed by atoms with Crippen LogP contribution in [0.2, 0.25) is 0 Å². The van der Waals surface area contributed by atoms with Crippen molar-refractivity contribution < 1.29 is 9.32 Å². The van der Waals surface area contributed by atoms with Gasteiger partial charge < -0.3 is 19.5 Å². The molecule has 2 aromatic rings. The molecule has 2 aromatic heterocycles. The lowest BCUT2D eigenvalue weighted by Gasteiger charge is -2.33. The van der Waals surface area contributed by atoms with Gasteiger partial charge in [-0.05, 0) is 52.4 Å². The minimum Gasteiger partial charge on any atom is -0.467 e. The molecule has 0 spiro atoms. The maximum Gasteiger partial charge on any atom is 0.169 e. The summed E-state index contributed by atoms with van der Waals surface area (Å²) in [7, 11) is 0. The maximum absolute atomic E-state index is 5.48. The minimum atomic E-state index is 0.655. The van der Waals surface area contributed by atoms with E-state index >= 15 is 0 Å². The molecule has 22 heavy (non-hydrogen) atoms. The highest BCUT2D eigenvalue weighted by atomic mass is 79.9. The molecular weight excluding hydrogens is 382 g/mol. The van der Waals surface area contributed by atoms with Crippen molar-refractivity contribution in [2.45, 2.75) is 13.1 Å². The van der Waals surface area contributed by atoms with Crippen molar-refractivity contribution >= 4 is 44.6 Å². The monoisotopic (exact) mass is 400 g/mol. The molecule has 0 unspecified atom stereocenters. The summed E-state index contributed by atoms with van der Waals surface area (Å²) in [6.45, 7) is 6.02. The predicted molar refractivity (Wildman–Crippen MR) is 96.1 cm³/mol. The van der Waals surface area contributed by atoms with Crippen LogP contribution in [0.1, 0.15) is 10.6 Å². The van der Waals surface area contributed by atoms with Crippen LogP contribution in [0.25, 0.3) is 0 Å². The third kappa shape index (κ3) is 4.32. The first-order valence-corrected chi connectivity index (χ1v) is 9.35. The van der Waals surface area contributed by atoms with E-state index in [1.807, 2.05) is 23.5 Å². The zero-order chi connectivity index (χ0) is 15.4. The molecule has 1 aliphatic heterocycles.